The van der Waals surface area contributed by atoms with E-state index in [0.29, 0.717) is 0 Å². The van der Waals surface area contributed by atoms with Crippen LogP contribution in [-0.2, 0) is 38.4 Å². The molecule has 0 amide bonds. The van der Waals surface area contributed by atoms with Crippen LogP contribution in [0.5, 0.6) is 0 Å². The summed E-state index contributed by atoms with van der Waals surface area (Å²) in [6.45, 7) is 1.14. The van der Waals surface area contributed by atoms with Crippen LogP contribution in [0, 0.1) is 0 Å². The van der Waals surface area contributed by atoms with E-state index < -0.39 is 0 Å². The Morgan fingerprint density at radius 1 is 0.353 bits per heavy atom. The Morgan fingerprint density at radius 2 is 0.529 bits per heavy atom. The van der Waals surface area contributed by atoms with Gasteiger partial charge in [-0.2, -0.15) is 0 Å². The van der Waals surface area contributed by atoms with Crippen LogP contribution in [0.2, 0.25) is 0 Å². The van der Waals surface area contributed by atoms with Crippen LogP contribution < -0.4 is 0 Å². The minimum absolute atomic E-state index is 0.00139. The van der Waals surface area contributed by atoms with Crippen molar-refractivity contribution in [2.24, 2.45) is 0 Å². The molecule has 1 N–H and O–H groups in total. The fourth-order valence-corrected chi connectivity index (χ4v) is 2.99. The van der Waals surface area contributed by atoms with Crippen molar-refractivity contribution in [2.75, 3.05) is 6.61 Å². The quantitative estimate of drug-likeness (QED) is 0.232. The van der Waals surface area contributed by atoms with E-state index >= 15 is 0 Å². The highest BCUT2D eigenvalue weighted by Crippen LogP contribution is 2.09. The minimum Gasteiger partial charge on any atom is -0.396 e. The van der Waals surface area contributed by atoms with Gasteiger partial charge in [0.05, 0.1) is 0 Å². The van der Waals surface area contributed by atoms with Gasteiger partial charge in [-0.25, -0.2) is 0 Å². The lowest BCUT2D eigenvalue weighted by molar-refractivity contribution is -0.128. The van der Waals surface area contributed by atoms with Crippen LogP contribution in [0.3, 0.4) is 0 Å². The van der Waals surface area contributed by atoms with Crippen molar-refractivity contribution in [3.05, 3.63) is 0 Å². The third-order valence-corrected chi connectivity index (χ3v) is 5.24. The van der Waals surface area contributed by atoms with Crippen LogP contribution in [0.4, 0.5) is 0 Å². The monoisotopic (exact) mass is 480 g/mol. The first-order chi connectivity index (χ1) is 16.0. The van der Waals surface area contributed by atoms with Crippen molar-refractivity contribution < 1.29 is 43.5 Å². The van der Waals surface area contributed by atoms with Crippen molar-refractivity contribution in [1.82, 2.24) is 0 Å². The summed E-state index contributed by atoms with van der Waals surface area (Å²) in [7, 11) is 0. The Balaban J connectivity index is 3.90. The Morgan fingerprint density at radius 3 is 0.706 bits per heavy atom. The first-order valence-electron chi connectivity index (χ1n) is 11.8. The fraction of sp³-hybridized carbons (Fsp3) is 0.680. The van der Waals surface area contributed by atoms with Gasteiger partial charge in [-0.3, -0.25) is 33.6 Å². The number of ketones is 8. The lowest BCUT2D eigenvalue weighted by Crippen LogP contribution is -2.11. The molecule has 0 bridgehead atoms. The number of aliphatic hydroxyl groups excluding tert-OH is 1. The number of carbonyl (C=O) groups is 8. The van der Waals surface area contributed by atoms with E-state index in [0.717, 1.165) is 0 Å². The number of carbonyl (C=O) groups excluding carboxylic acids is 8. The van der Waals surface area contributed by atoms with Gasteiger partial charge >= 0.3 is 0 Å². The average molecular weight is 481 g/mol. The predicted octanol–water partition coefficient (Wildman–Crippen LogP) is 2.40. The second-order valence-electron chi connectivity index (χ2n) is 8.45. The summed E-state index contributed by atoms with van der Waals surface area (Å²) in [4.78, 5) is 92.8. The molecule has 9 nitrogen and oxygen atoms in total. The van der Waals surface area contributed by atoms with E-state index in [1.165, 1.54) is 6.92 Å². The first-order valence-corrected chi connectivity index (χ1v) is 11.8. The second kappa shape index (κ2) is 18.7. The molecule has 0 aromatic rings. The highest BCUT2D eigenvalue weighted by atomic mass is 16.3. The summed E-state index contributed by atoms with van der Waals surface area (Å²) >= 11 is 0. The van der Waals surface area contributed by atoms with E-state index in [2.05, 4.69) is 0 Å². The highest BCUT2D eigenvalue weighted by Gasteiger charge is 2.14. The maximum absolute atomic E-state index is 11.9. The SMILES string of the molecule is CC(=O)CCC(=O)CCC(=O)CCC(=O)CCC(=O)CCC(=O)CCC(=O)CCC(=O)CCO. The van der Waals surface area contributed by atoms with Crippen LogP contribution in [-0.4, -0.2) is 58.0 Å². The molecule has 34 heavy (non-hydrogen) atoms. The van der Waals surface area contributed by atoms with E-state index in [-0.39, 0.29) is 149 Å². The standard InChI is InChI=1S/C25H36O9/c1-18(27)2-3-19(28)4-5-20(29)6-7-21(30)8-9-22(31)10-11-23(32)12-13-24(33)14-15-25(34)16-17-26/h26H,2-17H2,1H3. The van der Waals surface area contributed by atoms with Crippen LogP contribution in [0.15, 0.2) is 0 Å². The normalized spacial score (nSPS) is 10.5. The van der Waals surface area contributed by atoms with Crippen LogP contribution >= 0.6 is 0 Å². The lowest BCUT2D eigenvalue weighted by atomic mass is 10.00. The second-order valence-corrected chi connectivity index (χ2v) is 8.45. The summed E-state index contributed by atoms with van der Waals surface area (Å²) in [5.74, 6) is -1.60. The molecule has 0 unspecified atom stereocenters. The number of rotatable bonds is 23. The zero-order valence-electron chi connectivity index (χ0n) is 20.0. The van der Waals surface area contributed by atoms with Gasteiger partial charge in [-0.1, -0.05) is 0 Å². The molecule has 0 radical (unpaired) electrons. The molecular formula is C25H36O9. The van der Waals surface area contributed by atoms with Gasteiger partial charge in [0.1, 0.15) is 46.3 Å². The van der Waals surface area contributed by atoms with Gasteiger partial charge in [0.2, 0.25) is 0 Å². The van der Waals surface area contributed by atoms with Crippen molar-refractivity contribution in [2.45, 2.75) is 103 Å². The molecule has 0 aromatic carbocycles. The summed E-state index contributed by atoms with van der Waals surface area (Å²) in [5.41, 5.74) is 0. The predicted molar refractivity (Wildman–Crippen MR) is 122 cm³/mol. The molecule has 0 saturated heterocycles. The minimum atomic E-state index is -0.255. The third kappa shape index (κ3) is 18.8. The molecule has 9 heteroatoms. The zero-order valence-corrected chi connectivity index (χ0v) is 20.0. The summed E-state index contributed by atoms with van der Waals surface area (Å²) < 4.78 is 0. The fourth-order valence-electron chi connectivity index (χ4n) is 2.99. The van der Waals surface area contributed by atoms with Gasteiger partial charge in [-0.15, -0.1) is 0 Å². The molecule has 0 spiro atoms. The van der Waals surface area contributed by atoms with Gasteiger partial charge in [0.15, 0.2) is 0 Å². The molecule has 0 rings (SSSR count). The van der Waals surface area contributed by atoms with Gasteiger partial charge in [0, 0.05) is 103 Å². The summed E-state index contributed by atoms with van der Waals surface area (Å²) in [5, 5.41) is 8.64. The number of aliphatic hydroxyl groups is 1. The van der Waals surface area contributed by atoms with Gasteiger partial charge in [0.25, 0.3) is 0 Å². The first kappa shape index (κ1) is 31.3. The Labute approximate surface area is 200 Å². The van der Waals surface area contributed by atoms with E-state index in [9.17, 15) is 38.4 Å². The van der Waals surface area contributed by atoms with Crippen molar-refractivity contribution in [3.63, 3.8) is 0 Å². The van der Waals surface area contributed by atoms with E-state index in [1.807, 2.05) is 0 Å². The number of hydrogen-bond acceptors (Lipinski definition) is 9. The molecule has 0 aliphatic carbocycles. The van der Waals surface area contributed by atoms with Crippen molar-refractivity contribution in [3.8, 4) is 0 Å². The molecular weight excluding hydrogens is 444 g/mol. The number of hydrogen-bond donors (Lipinski definition) is 1. The summed E-state index contributed by atoms with van der Waals surface area (Å²) in [6, 6.07) is 0. The Hall–Kier alpha value is -2.68. The highest BCUT2D eigenvalue weighted by molar-refractivity contribution is 5.93. The average Bonchev–Trinajstić information content (AvgIpc) is 2.79. The molecule has 0 fully saturated rings. The van der Waals surface area contributed by atoms with Crippen LogP contribution in [0.1, 0.15) is 103 Å². The molecule has 0 aliphatic rings. The smallest absolute Gasteiger partial charge is 0.135 e. The van der Waals surface area contributed by atoms with Gasteiger partial charge < -0.3 is 9.90 Å². The third-order valence-electron chi connectivity index (χ3n) is 5.24. The molecule has 0 atom stereocenters. The molecule has 190 valence electrons. The van der Waals surface area contributed by atoms with Gasteiger partial charge in [-0.05, 0) is 6.92 Å². The summed E-state index contributed by atoms with van der Waals surface area (Å²) in [6.07, 6.45) is 0.408. The van der Waals surface area contributed by atoms with E-state index in [1.54, 1.807) is 0 Å². The van der Waals surface area contributed by atoms with Crippen molar-refractivity contribution >= 4 is 46.3 Å². The maximum atomic E-state index is 11.9. The Bertz CT molecular complexity index is 764. The topological polar surface area (TPSA) is 157 Å². The van der Waals surface area contributed by atoms with E-state index in [4.69, 9.17) is 5.11 Å². The van der Waals surface area contributed by atoms with Crippen LogP contribution in [0.25, 0.3) is 0 Å². The molecule has 0 aromatic heterocycles. The molecule has 0 aliphatic heterocycles. The largest absolute Gasteiger partial charge is 0.396 e. The maximum Gasteiger partial charge on any atom is 0.135 e. The lowest BCUT2D eigenvalue weighted by Gasteiger charge is -2.03. The molecule has 0 heterocycles. The zero-order chi connectivity index (χ0) is 25.9. The Kier molecular flexibility index (Phi) is 17.2. The number of Topliss-reactive ketones (excluding diaryl/α,β-unsaturated/α-hetero) is 8. The van der Waals surface area contributed by atoms with Crippen molar-refractivity contribution in [1.29, 1.82) is 0 Å². The molecule has 0 saturated carbocycles.